The second kappa shape index (κ2) is 12.3. The number of hydrogen-bond acceptors (Lipinski definition) is 5. The number of halogens is 1. The molecule has 0 atom stereocenters. The number of alkyl halides is 1. The van der Waals surface area contributed by atoms with Gasteiger partial charge in [0, 0.05) is 22.3 Å². The average molecular weight is 471 g/mol. The molecule has 0 bridgehead atoms. The first-order valence-corrected chi connectivity index (χ1v) is 11.4. The van der Waals surface area contributed by atoms with E-state index < -0.39 is 12.5 Å². The van der Waals surface area contributed by atoms with Gasteiger partial charge in [0.05, 0.1) is 5.03 Å². The van der Waals surface area contributed by atoms with Crippen molar-refractivity contribution in [3.05, 3.63) is 56.7 Å². The first-order chi connectivity index (χ1) is 13.6. The van der Waals surface area contributed by atoms with Crippen LogP contribution in [0.4, 0.5) is 0 Å². The van der Waals surface area contributed by atoms with E-state index in [4.69, 9.17) is 9.84 Å². The van der Waals surface area contributed by atoms with Gasteiger partial charge in [0.15, 0.2) is 0 Å². The van der Waals surface area contributed by atoms with Gasteiger partial charge in [-0.05, 0) is 31.9 Å². The molecule has 2 rings (SSSR count). The number of aliphatic hydroxyl groups excluding tert-OH is 1. The smallest absolute Gasteiger partial charge is 0.333 e. The van der Waals surface area contributed by atoms with E-state index in [1.807, 2.05) is 30.3 Å². The lowest BCUT2D eigenvalue weighted by Crippen LogP contribution is -2.42. The topological polar surface area (TPSA) is 73.5 Å². The van der Waals surface area contributed by atoms with E-state index in [0.717, 1.165) is 42.3 Å². The fourth-order valence-corrected chi connectivity index (χ4v) is 4.28. The summed E-state index contributed by atoms with van der Waals surface area (Å²) in [6.45, 7) is 1.53. The molecular weight excluding hydrogens is 444 g/mol. The molecule has 0 aliphatic heterocycles. The quantitative estimate of drug-likeness (QED) is 0.221. The molecule has 0 radical (unpaired) electrons. The van der Waals surface area contributed by atoms with E-state index in [-0.39, 0.29) is 12.3 Å². The Labute approximate surface area is 177 Å². The molecule has 0 unspecified atom stereocenters. The van der Waals surface area contributed by atoms with E-state index in [1.165, 1.54) is 20.9 Å². The number of aromatic nitrogens is 2. The lowest BCUT2D eigenvalue weighted by molar-refractivity contribution is -0.0404. The van der Waals surface area contributed by atoms with Crippen LogP contribution in [0.2, 0.25) is 0 Å². The van der Waals surface area contributed by atoms with E-state index >= 15 is 0 Å². The number of benzene rings is 1. The first-order valence-electron chi connectivity index (χ1n) is 9.41. The highest BCUT2D eigenvalue weighted by Crippen LogP contribution is 2.28. The Kier molecular flexibility index (Phi) is 10.0. The predicted octanol–water partition coefficient (Wildman–Crippen LogP) is 3.74. The number of nitrogens with zero attached hydrogens (tertiary/aromatic N) is 2. The minimum absolute atomic E-state index is 0.100. The van der Waals surface area contributed by atoms with Gasteiger partial charge < -0.3 is 9.84 Å². The van der Waals surface area contributed by atoms with Gasteiger partial charge in [-0.3, -0.25) is 13.9 Å². The van der Waals surface area contributed by atoms with Crippen LogP contribution in [0.5, 0.6) is 0 Å². The maximum absolute atomic E-state index is 13.0. The lowest BCUT2D eigenvalue weighted by atomic mass is 10.1. The molecule has 1 N–H and O–H groups in total. The molecule has 0 saturated heterocycles. The molecule has 0 saturated carbocycles. The van der Waals surface area contributed by atoms with Crippen molar-refractivity contribution in [2.24, 2.45) is 0 Å². The molecule has 0 spiro atoms. The Bertz CT molecular complexity index is 852. The van der Waals surface area contributed by atoms with Crippen molar-refractivity contribution >= 4 is 27.7 Å². The molecule has 1 aromatic heterocycles. The zero-order chi connectivity index (χ0) is 20.4. The molecule has 0 fully saturated rings. The molecule has 154 valence electrons. The van der Waals surface area contributed by atoms with Gasteiger partial charge in [-0.2, -0.15) is 0 Å². The summed E-state index contributed by atoms with van der Waals surface area (Å²) in [6, 6.07) is 9.56. The maximum atomic E-state index is 13.0. The number of aliphatic hydroxyl groups is 1. The number of hydrogen-bond donors (Lipinski definition) is 1. The monoisotopic (exact) mass is 470 g/mol. The minimum Gasteiger partial charge on any atom is -0.371 e. The normalized spacial score (nSPS) is 11.1. The third-order valence-electron chi connectivity index (χ3n) is 4.38. The van der Waals surface area contributed by atoms with Crippen LogP contribution >= 0.6 is 27.7 Å². The predicted molar refractivity (Wildman–Crippen MR) is 115 cm³/mol. The lowest BCUT2D eigenvalue weighted by Gasteiger charge is -2.17. The second-order valence-corrected chi connectivity index (χ2v) is 8.29. The number of unbranched alkanes of at least 4 members (excludes halogenated alkanes) is 4. The van der Waals surface area contributed by atoms with E-state index in [1.54, 1.807) is 6.92 Å². The molecule has 0 aliphatic rings. The first kappa shape index (κ1) is 22.9. The molecule has 0 aliphatic carbocycles. The van der Waals surface area contributed by atoms with E-state index in [0.29, 0.717) is 17.1 Å². The van der Waals surface area contributed by atoms with Crippen molar-refractivity contribution < 1.29 is 9.84 Å². The van der Waals surface area contributed by atoms with Gasteiger partial charge in [0.2, 0.25) is 0 Å². The fraction of sp³-hybridized carbons (Fsp3) is 0.500. The highest BCUT2D eigenvalue weighted by molar-refractivity contribution is 9.09. The Morgan fingerprint density at radius 2 is 1.71 bits per heavy atom. The van der Waals surface area contributed by atoms with Crippen molar-refractivity contribution in [1.29, 1.82) is 0 Å². The summed E-state index contributed by atoms with van der Waals surface area (Å²) in [4.78, 5) is 26.7. The molecular formula is C20H27BrN2O4S. The Morgan fingerprint density at radius 1 is 1.04 bits per heavy atom. The summed E-state index contributed by atoms with van der Waals surface area (Å²) in [7, 11) is 0. The molecule has 0 amide bonds. The van der Waals surface area contributed by atoms with Gasteiger partial charge in [0.25, 0.3) is 5.56 Å². The SMILES string of the molecule is Cc1c(Sc2ccccc2)n(COCO)c(=O)n(CCCCCCCBr)c1=O. The van der Waals surface area contributed by atoms with Crippen LogP contribution in [0.3, 0.4) is 0 Å². The number of rotatable bonds is 12. The van der Waals surface area contributed by atoms with Gasteiger partial charge in [-0.1, -0.05) is 65.2 Å². The Morgan fingerprint density at radius 3 is 2.39 bits per heavy atom. The number of ether oxygens (including phenoxy) is 1. The van der Waals surface area contributed by atoms with Crippen LogP contribution in [-0.2, 0) is 18.0 Å². The molecule has 1 heterocycles. The molecule has 1 aromatic carbocycles. The summed E-state index contributed by atoms with van der Waals surface area (Å²) in [5.74, 6) is 0. The van der Waals surface area contributed by atoms with Crippen molar-refractivity contribution in [2.45, 2.75) is 62.2 Å². The largest absolute Gasteiger partial charge is 0.371 e. The van der Waals surface area contributed by atoms with Gasteiger partial charge in [-0.25, -0.2) is 4.79 Å². The van der Waals surface area contributed by atoms with Gasteiger partial charge >= 0.3 is 5.69 Å². The van der Waals surface area contributed by atoms with Crippen LogP contribution in [0, 0.1) is 6.92 Å². The van der Waals surface area contributed by atoms with Crippen LogP contribution in [-0.4, -0.2) is 26.4 Å². The van der Waals surface area contributed by atoms with Gasteiger partial charge in [-0.15, -0.1) is 0 Å². The summed E-state index contributed by atoms with van der Waals surface area (Å²) in [6.07, 6.45) is 5.12. The highest BCUT2D eigenvalue weighted by Gasteiger charge is 2.17. The standard InChI is InChI=1S/C20H27BrN2O4S/c1-16-18(25)22(13-9-4-2-3-8-12-21)20(26)23(14-27-15-24)19(16)28-17-10-6-5-7-11-17/h5-7,10-11,24H,2-4,8-9,12-15H2,1H3. The average Bonchev–Trinajstić information content (AvgIpc) is 2.71. The highest BCUT2D eigenvalue weighted by atomic mass is 79.9. The third kappa shape index (κ3) is 6.34. The van der Waals surface area contributed by atoms with Crippen molar-refractivity contribution in [3.63, 3.8) is 0 Å². The van der Waals surface area contributed by atoms with Crippen LogP contribution in [0.15, 0.2) is 49.8 Å². The van der Waals surface area contributed by atoms with Crippen LogP contribution in [0.1, 0.15) is 37.7 Å². The molecule has 8 heteroatoms. The Hall–Kier alpha value is -1.35. The zero-order valence-electron chi connectivity index (χ0n) is 16.1. The third-order valence-corrected chi connectivity index (χ3v) is 6.17. The van der Waals surface area contributed by atoms with Gasteiger partial charge in [0.1, 0.15) is 13.5 Å². The summed E-state index contributed by atoms with van der Waals surface area (Å²) in [5, 5.41) is 10.6. The van der Waals surface area contributed by atoms with Crippen molar-refractivity contribution in [1.82, 2.24) is 9.13 Å². The summed E-state index contributed by atoms with van der Waals surface area (Å²) < 4.78 is 7.80. The molecule has 6 nitrogen and oxygen atoms in total. The van der Waals surface area contributed by atoms with Crippen LogP contribution < -0.4 is 11.2 Å². The second-order valence-electron chi connectivity index (χ2n) is 6.43. The molecule has 28 heavy (non-hydrogen) atoms. The Balaban J connectivity index is 2.28. The van der Waals surface area contributed by atoms with Crippen LogP contribution in [0.25, 0.3) is 0 Å². The molecule has 2 aromatic rings. The maximum Gasteiger partial charge on any atom is 0.333 e. The summed E-state index contributed by atoms with van der Waals surface area (Å²) >= 11 is 4.77. The summed E-state index contributed by atoms with van der Waals surface area (Å²) in [5.41, 5.74) is -0.152. The van der Waals surface area contributed by atoms with Crippen molar-refractivity contribution in [3.8, 4) is 0 Å². The fourth-order valence-electron chi connectivity index (χ4n) is 2.89. The van der Waals surface area contributed by atoms with E-state index in [9.17, 15) is 9.59 Å². The zero-order valence-corrected chi connectivity index (χ0v) is 18.5. The minimum atomic E-state index is -0.492. The van der Waals surface area contributed by atoms with Crippen molar-refractivity contribution in [2.75, 3.05) is 12.1 Å². The van der Waals surface area contributed by atoms with E-state index in [2.05, 4.69) is 15.9 Å².